The van der Waals surface area contributed by atoms with E-state index in [4.69, 9.17) is 14.2 Å². The summed E-state index contributed by atoms with van der Waals surface area (Å²) in [7, 11) is 0. The van der Waals surface area contributed by atoms with Gasteiger partial charge in [0, 0.05) is 19.3 Å². The molecular formula is C72H130O6. The Balaban J connectivity index is 4.07. The van der Waals surface area contributed by atoms with Gasteiger partial charge in [-0.15, -0.1) is 0 Å². The topological polar surface area (TPSA) is 78.9 Å². The van der Waals surface area contributed by atoms with Crippen LogP contribution in [0.15, 0.2) is 60.8 Å². The minimum absolute atomic E-state index is 0.0704. The molecule has 78 heavy (non-hydrogen) atoms. The summed E-state index contributed by atoms with van der Waals surface area (Å²) in [5, 5.41) is 0. The Hall–Kier alpha value is -2.89. The first kappa shape index (κ1) is 75.1. The molecule has 6 heteroatoms. The fourth-order valence-electron chi connectivity index (χ4n) is 10.1. The predicted octanol–water partition coefficient (Wildman–Crippen LogP) is 23.5. The fraction of sp³-hybridized carbons (Fsp3) is 0.819. The lowest BCUT2D eigenvalue weighted by atomic mass is 10.0. The molecule has 0 aromatic carbocycles. The second-order valence-electron chi connectivity index (χ2n) is 23.1. The number of rotatable bonds is 63. The van der Waals surface area contributed by atoms with Crippen LogP contribution >= 0.6 is 0 Å². The van der Waals surface area contributed by atoms with Gasteiger partial charge in [0.1, 0.15) is 13.2 Å². The van der Waals surface area contributed by atoms with Crippen molar-refractivity contribution >= 4 is 17.9 Å². The van der Waals surface area contributed by atoms with Gasteiger partial charge in [-0.25, -0.2) is 0 Å². The smallest absolute Gasteiger partial charge is 0.306 e. The molecule has 0 bridgehead atoms. The van der Waals surface area contributed by atoms with Gasteiger partial charge in [0.2, 0.25) is 0 Å². The van der Waals surface area contributed by atoms with Crippen molar-refractivity contribution in [2.45, 2.75) is 367 Å². The van der Waals surface area contributed by atoms with Gasteiger partial charge in [-0.3, -0.25) is 14.4 Å². The summed E-state index contributed by atoms with van der Waals surface area (Å²) < 4.78 is 16.9. The lowest BCUT2D eigenvalue weighted by Crippen LogP contribution is -2.30. The van der Waals surface area contributed by atoms with E-state index in [1.165, 1.54) is 231 Å². The van der Waals surface area contributed by atoms with Crippen molar-refractivity contribution in [2.75, 3.05) is 13.2 Å². The van der Waals surface area contributed by atoms with E-state index in [1.54, 1.807) is 0 Å². The molecule has 0 radical (unpaired) electrons. The highest BCUT2D eigenvalue weighted by Gasteiger charge is 2.19. The Morgan fingerprint density at radius 2 is 0.513 bits per heavy atom. The highest BCUT2D eigenvalue weighted by Crippen LogP contribution is 2.18. The summed E-state index contributed by atoms with van der Waals surface area (Å²) in [4.78, 5) is 38.3. The second kappa shape index (κ2) is 66.6. The second-order valence-corrected chi connectivity index (χ2v) is 23.1. The van der Waals surface area contributed by atoms with E-state index in [1.807, 2.05) is 0 Å². The third kappa shape index (κ3) is 63.9. The van der Waals surface area contributed by atoms with Crippen molar-refractivity contribution in [1.82, 2.24) is 0 Å². The van der Waals surface area contributed by atoms with Crippen LogP contribution in [0.25, 0.3) is 0 Å². The quantitative estimate of drug-likeness (QED) is 0.0261. The van der Waals surface area contributed by atoms with Gasteiger partial charge in [-0.1, -0.05) is 326 Å². The average molecular weight is 1090 g/mol. The molecule has 0 aromatic rings. The molecule has 0 amide bonds. The van der Waals surface area contributed by atoms with E-state index in [-0.39, 0.29) is 31.1 Å². The molecule has 6 nitrogen and oxygen atoms in total. The van der Waals surface area contributed by atoms with Crippen molar-refractivity contribution in [1.29, 1.82) is 0 Å². The minimum atomic E-state index is -0.773. The number of carbonyl (C=O) groups excluding carboxylic acids is 3. The van der Waals surface area contributed by atoms with E-state index in [0.29, 0.717) is 19.3 Å². The maximum absolute atomic E-state index is 12.9. The maximum atomic E-state index is 12.9. The van der Waals surface area contributed by atoms with Gasteiger partial charge in [0.15, 0.2) is 6.10 Å². The third-order valence-electron chi connectivity index (χ3n) is 15.3. The number of carbonyl (C=O) groups is 3. The Labute approximate surface area is 485 Å². The van der Waals surface area contributed by atoms with E-state index in [2.05, 4.69) is 81.5 Å². The van der Waals surface area contributed by atoms with Gasteiger partial charge in [-0.2, -0.15) is 0 Å². The lowest BCUT2D eigenvalue weighted by molar-refractivity contribution is -0.167. The van der Waals surface area contributed by atoms with Crippen LogP contribution < -0.4 is 0 Å². The first-order chi connectivity index (χ1) is 38.5. The summed E-state index contributed by atoms with van der Waals surface area (Å²) in [5.74, 6) is -0.857. The molecule has 0 heterocycles. The molecule has 0 aliphatic rings. The summed E-state index contributed by atoms with van der Waals surface area (Å²) in [6.07, 6.45) is 85.5. The largest absolute Gasteiger partial charge is 0.462 e. The van der Waals surface area contributed by atoms with E-state index in [0.717, 1.165) is 89.9 Å². The minimum Gasteiger partial charge on any atom is -0.462 e. The summed E-state index contributed by atoms with van der Waals surface area (Å²) in [5.41, 5.74) is 0. The number of hydrogen-bond acceptors (Lipinski definition) is 6. The molecule has 0 aliphatic carbocycles. The number of ether oxygens (including phenoxy) is 3. The normalized spacial score (nSPS) is 12.4. The molecule has 0 saturated carbocycles. The number of esters is 3. The van der Waals surface area contributed by atoms with Crippen LogP contribution in [0, 0.1) is 0 Å². The van der Waals surface area contributed by atoms with Crippen LogP contribution in [0.5, 0.6) is 0 Å². The molecular weight excluding hydrogens is 961 g/mol. The highest BCUT2D eigenvalue weighted by molar-refractivity contribution is 5.71. The van der Waals surface area contributed by atoms with Crippen molar-refractivity contribution in [3.8, 4) is 0 Å². The maximum Gasteiger partial charge on any atom is 0.306 e. The van der Waals surface area contributed by atoms with Gasteiger partial charge in [-0.05, 0) is 77.0 Å². The summed E-state index contributed by atoms with van der Waals surface area (Å²) >= 11 is 0. The van der Waals surface area contributed by atoms with Gasteiger partial charge >= 0.3 is 17.9 Å². The molecule has 0 aromatic heterocycles. The Morgan fingerprint density at radius 1 is 0.269 bits per heavy atom. The van der Waals surface area contributed by atoms with E-state index < -0.39 is 6.10 Å². The number of hydrogen-bond donors (Lipinski definition) is 0. The molecule has 454 valence electrons. The third-order valence-corrected chi connectivity index (χ3v) is 15.3. The first-order valence-electron chi connectivity index (χ1n) is 34.3. The van der Waals surface area contributed by atoms with Crippen LogP contribution in [0.2, 0.25) is 0 Å². The number of unbranched alkanes of at least 4 members (excludes halogenated alkanes) is 42. The SMILES string of the molecule is CC/C=C\C/C=C\C/C=C\C/C=C\CCCCCCCCCCCCCCCCCCCCCCC(=O)OCC(COC(=O)CCCCCCC/C=C\CCCC)OC(=O)CCCCCCCCCCCCCCCCCC. The van der Waals surface area contributed by atoms with Gasteiger partial charge < -0.3 is 14.2 Å². The average Bonchev–Trinajstić information content (AvgIpc) is 3.44. The zero-order valence-electron chi connectivity index (χ0n) is 52.2. The highest BCUT2D eigenvalue weighted by atomic mass is 16.6. The first-order valence-corrected chi connectivity index (χ1v) is 34.3. The van der Waals surface area contributed by atoms with Crippen molar-refractivity contribution < 1.29 is 28.6 Å². The van der Waals surface area contributed by atoms with Crippen LogP contribution in [0.3, 0.4) is 0 Å². The zero-order chi connectivity index (χ0) is 56.4. The van der Waals surface area contributed by atoms with Crippen molar-refractivity contribution in [3.63, 3.8) is 0 Å². The molecule has 0 N–H and O–H groups in total. The van der Waals surface area contributed by atoms with Crippen molar-refractivity contribution in [3.05, 3.63) is 60.8 Å². The summed E-state index contributed by atoms with van der Waals surface area (Å²) in [6.45, 7) is 6.54. The fourth-order valence-corrected chi connectivity index (χ4v) is 10.1. The zero-order valence-corrected chi connectivity index (χ0v) is 52.2. The molecule has 0 spiro atoms. The monoisotopic (exact) mass is 1090 g/mol. The predicted molar refractivity (Wildman–Crippen MR) is 339 cm³/mol. The Morgan fingerprint density at radius 3 is 0.833 bits per heavy atom. The lowest BCUT2D eigenvalue weighted by Gasteiger charge is -2.18. The Bertz CT molecular complexity index is 1390. The molecule has 1 unspecified atom stereocenters. The molecule has 0 fully saturated rings. The molecule has 1 atom stereocenters. The van der Waals surface area contributed by atoms with Crippen molar-refractivity contribution in [2.24, 2.45) is 0 Å². The van der Waals surface area contributed by atoms with Crippen LogP contribution in [-0.2, 0) is 28.6 Å². The molecule has 0 aliphatic heterocycles. The van der Waals surface area contributed by atoms with E-state index in [9.17, 15) is 14.4 Å². The van der Waals surface area contributed by atoms with Crippen LogP contribution in [-0.4, -0.2) is 37.2 Å². The standard InChI is InChI=1S/C72H130O6/c1-4-7-10-13-16-19-22-24-26-28-29-30-31-32-33-34-35-36-37-38-39-40-41-42-43-44-46-47-50-53-56-59-62-65-71(74)77-68-69(67-76-70(73)64-61-58-55-52-49-21-18-15-12-9-6-3)78-72(75)66-63-60-57-54-51-48-45-27-25-23-20-17-14-11-8-5-2/h7,10,15-16,18-19,24,26,29-30,69H,4-6,8-9,11-14,17,20-23,25,27-28,31-68H2,1-3H3/b10-7-,18-15-,19-16-,26-24-,30-29-. The molecule has 0 rings (SSSR count). The van der Waals surface area contributed by atoms with Gasteiger partial charge in [0.25, 0.3) is 0 Å². The number of allylic oxidation sites excluding steroid dienone is 10. The van der Waals surface area contributed by atoms with Gasteiger partial charge in [0.05, 0.1) is 0 Å². The molecule has 0 saturated heterocycles. The van der Waals surface area contributed by atoms with E-state index >= 15 is 0 Å². The summed E-state index contributed by atoms with van der Waals surface area (Å²) in [6, 6.07) is 0. The van der Waals surface area contributed by atoms with Crippen LogP contribution in [0.1, 0.15) is 361 Å². The Kier molecular flexibility index (Phi) is 64.2. The van der Waals surface area contributed by atoms with Crippen LogP contribution in [0.4, 0.5) is 0 Å².